The molecule has 0 bridgehead atoms. The number of aryl methyl sites for hydroxylation is 1. The lowest BCUT2D eigenvalue weighted by Crippen LogP contribution is -2.28. The molecule has 0 atom stereocenters. The fourth-order valence-corrected chi connectivity index (χ4v) is 1.99. The number of thiocarbonyl (C=S) groups is 1. The molecule has 0 saturated carbocycles. The van der Waals surface area contributed by atoms with Crippen molar-refractivity contribution in [2.75, 3.05) is 11.9 Å². The number of benzene rings is 1. The van der Waals surface area contributed by atoms with Crippen molar-refractivity contribution < 1.29 is 0 Å². The monoisotopic (exact) mass is 286 g/mol. The van der Waals surface area contributed by atoms with E-state index in [9.17, 15) is 0 Å². The van der Waals surface area contributed by atoms with E-state index in [1.807, 2.05) is 29.1 Å². The third-order valence-corrected chi connectivity index (χ3v) is 3.13. The maximum atomic E-state index is 5.14. The molecule has 0 aliphatic carbocycles. The highest BCUT2D eigenvalue weighted by molar-refractivity contribution is 7.80. The van der Waals surface area contributed by atoms with E-state index in [1.54, 1.807) is 6.08 Å². The summed E-state index contributed by atoms with van der Waals surface area (Å²) in [6, 6.07) is 10.2. The molecule has 1 heterocycles. The van der Waals surface area contributed by atoms with Gasteiger partial charge in [-0.05, 0) is 30.3 Å². The Morgan fingerprint density at radius 2 is 2.20 bits per heavy atom. The molecule has 2 rings (SSSR count). The van der Waals surface area contributed by atoms with Crippen LogP contribution in [0.25, 0.3) is 0 Å². The zero-order valence-electron chi connectivity index (χ0n) is 11.5. The van der Waals surface area contributed by atoms with Gasteiger partial charge in [0.1, 0.15) is 0 Å². The minimum atomic E-state index is 0.547. The highest BCUT2D eigenvalue weighted by Gasteiger charge is 2.03. The summed E-state index contributed by atoms with van der Waals surface area (Å²) in [5.41, 5.74) is 2.52. The van der Waals surface area contributed by atoms with Crippen LogP contribution in [0.3, 0.4) is 0 Å². The molecule has 0 radical (unpaired) electrons. The van der Waals surface area contributed by atoms with Gasteiger partial charge in [0.25, 0.3) is 0 Å². The van der Waals surface area contributed by atoms with Crippen molar-refractivity contribution in [3.8, 4) is 0 Å². The van der Waals surface area contributed by atoms with Gasteiger partial charge in [-0.25, -0.2) is 0 Å². The normalized spacial score (nSPS) is 10.1. The van der Waals surface area contributed by atoms with Crippen LogP contribution in [0.15, 0.2) is 49.2 Å². The number of nitrogens with one attached hydrogen (secondary N) is 2. The first-order chi connectivity index (χ1) is 9.69. The van der Waals surface area contributed by atoms with Crippen molar-refractivity contribution in [2.24, 2.45) is 0 Å². The molecule has 0 fully saturated rings. The number of aromatic nitrogens is 2. The van der Waals surface area contributed by atoms with Gasteiger partial charge >= 0.3 is 0 Å². The SMILES string of the molecule is C=CCNC(=S)Nc1ccn(Cc2ccccc2C)n1. The Balaban J connectivity index is 1.97. The van der Waals surface area contributed by atoms with Crippen molar-refractivity contribution in [1.82, 2.24) is 15.1 Å². The number of anilines is 1. The van der Waals surface area contributed by atoms with Crippen molar-refractivity contribution in [3.05, 3.63) is 60.3 Å². The summed E-state index contributed by atoms with van der Waals surface area (Å²) in [5, 5.41) is 11.0. The molecule has 0 aliphatic heterocycles. The molecule has 0 aliphatic rings. The molecule has 20 heavy (non-hydrogen) atoms. The zero-order valence-corrected chi connectivity index (χ0v) is 12.3. The Morgan fingerprint density at radius 3 is 2.95 bits per heavy atom. The quantitative estimate of drug-likeness (QED) is 0.655. The Labute approximate surface area is 124 Å². The van der Waals surface area contributed by atoms with E-state index in [0.717, 1.165) is 12.4 Å². The number of nitrogens with zero attached hydrogens (tertiary/aromatic N) is 2. The van der Waals surface area contributed by atoms with Gasteiger partial charge in [-0.3, -0.25) is 4.68 Å². The fraction of sp³-hybridized carbons (Fsp3) is 0.200. The second kappa shape index (κ2) is 6.86. The van der Waals surface area contributed by atoms with Crippen molar-refractivity contribution in [3.63, 3.8) is 0 Å². The number of hydrogen-bond acceptors (Lipinski definition) is 2. The number of rotatable bonds is 5. The molecule has 0 spiro atoms. The Bertz CT molecular complexity index is 603. The standard InChI is InChI=1S/C15H18N4S/c1-3-9-16-15(20)17-14-8-10-19(18-14)11-13-7-5-4-6-12(13)2/h3-8,10H,1,9,11H2,2H3,(H2,16,17,18,20). The molecule has 5 heteroatoms. The second-order valence-corrected chi connectivity index (χ2v) is 4.86. The van der Waals surface area contributed by atoms with E-state index in [4.69, 9.17) is 12.2 Å². The van der Waals surface area contributed by atoms with Gasteiger partial charge < -0.3 is 10.6 Å². The van der Waals surface area contributed by atoms with Crippen LogP contribution in [0.1, 0.15) is 11.1 Å². The Hall–Kier alpha value is -2.14. The van der Waals surface area contributed by atoms with Crippen LogP contribution in [-0.2, 0) is 6.54 Å². The lowest BCUT2D eigenvalue weighted by molar-refractivity contribution is 0.687. The van der Waals surface area contributed by atoms with Gasteiger partial charge in [0.15, 0.2) is 10.9 Å². The molecular weight excluding hydrogens is 268 g/mol. The zero-order chi connectivity index (χ0) is 14.4. The first-order valence-electron chi connectivity index (χ1n) is 6.43. The van der Waals surface area contributed by atoms with E-state index >= 15 is 0 Å². The van der Waals surface area contributed by atoms with E-state index < -0.39 is 0 Å². The molecule has 2 aromatic rings. The minimum Gasteiger partial charge on any atom is -0.359 e. The highest BCUT2D eigenvalue weighted by atomic mass is 32.1. The van der Waals surface area contributed by atoms with Crippen LogP contribution in [0.5, 0.6) is 0 Å². The molecule has 0 saturated heterocycles. The van der Waals surface area contributed by atoms with E-state index in [-0.39, 0.29) is 0 Å². The topological polar surface area (TPSA) is 41.9 Å². The molecule has 2 N–H and O–H groups in total. The molecule has 1 aromatic heterocycles. The Kier molecular flexibility index (Phi) is 4.90. The van der Waals surface area contributed by atoms with Crippen molar-refractivity contribution in [1.29, 1.82) is 0 Å². The van der Waals surface area contributed by atoms with Gasteiger partial charge in [0.05, 0.1) is 6.54 Å². The predicted octanol–water partition coefficient (Wildman–Crippen LogP) is 2.71. The lowest BCUT2D eigenvalue weighted by Gasteiger charge is -2.07. The predicted molar refractivity (Wildman–Crippen MR) is 86.9 cm³/mol. The summed E-state index contributed by atoms with van der Waals surface area (Å²) in [6.45, 7) is 7.12. The van der Waals surface area contributed by atoms with E-state index in [2.05, 4.69) is 41.4 Å². The maximum Gasteiger partial charge on any atom is 0.172 e. The summed E-state index contributed by atoms with van der Waals surface area (Å²) in [7, 11) is 0. The average Bonchev–Trinajstić information content (AvgIpc) is 2.86. The van der Waals surface area contributed by atoms with Crippen LogP contribution in [0, 0.1) is 6.92 Å². The first kappa shape index (κ1) is 14.3. The lowest BCUT2D eigenvalue weighted by atomic mass is 10.1. The minimum absolute atomic E-state index is 0.547. The number of hydrogen-bond donors (Lipinski definition) is 2. The van der Waals surface area contributed by atoms with Gasteiger partial charge in [-0.1, -0.05) is 30.3 Å². The molecule has 0 amide bonds. The van der Waals surface area contributed by atoms with Gasteiger partial charge in [0, 0.05) is 18.8 Å². The summed E-state index contributed by atoms with van der Waals surface area (Å²) in [4.78, 5) is 0. The maximum absolute atomic E-state index is 5.14. The summed E-state index contributed by atoms with van der Waals surface area (Å²) >= 11 is 5.14. The van der Waals surface area contributed by atoms with Crippen LogP contribution in [0.4, 0.5) is 5.82 Å². The largest absolute Gasteiger partial charge is 0.359 e. The van der Waals surface area contributed by atoms with Crippen LogP contribution >= 0.6 is 12.2 Å². The van der Waals surface area contributed by atoms with E-state index in [0.29, 0.717) is 11.7 Å². The van der Waals surface area contributed by atoms with E-state index in [1.165, 1.54) is 11.1 Å². The smallest absolute Gasteiger partial charge is 0.172 e. The molecular formula is C15H18N4S. The van der Waals surface area contributed by atoms with Crippen molar-refractivity contribution in [2.45, 2.75) is 13.5 Å². The molecule has 4 nitrogen and oxygen atoms in total. The van der Waals surface area contributed by atoms with Crippen molar-refractivity contribution >= 4 is 23.1 Å². The van der Waals surface area contributed by atoms with Gasteiger partial charge in [0.2, 0.25) is 0 Å². The van der Waals surface area contributed by atoms with Crippen LogP contribution in [0.2, 0.25) is 0 Å². The molecule has 104 valence electrons. The molecule has 1 aromatic carbocycles. The third kappa shape index (κ3) is 3.93. The highest BCUT2D eigenvalue weighted by Crippen LogP contribution is 2.10. The third-order valence-electron chi connectivity index (χ3n) is 2.88. The summed E-state index contributed by atoms with van der Waals surface area (Å²) < 4.78 is 1.89. The summed E-state index contributed by atoms with van der Waals surface area (Å²) in [6.07, 6.45) is 3.69. The Morgan fingerprint density at radius 1 is 1.40 bits per heavy atom. The van der Waals surface area contributed by atoms with Crippen LogP contribution < -0.4 is 10.6 Å². The van der Waals surface area contributed by atoms with Crippen LogP contribution in [-0.4, -0.2) is 21.4 Å². The molecule has 0 unspecified atom stereocenters. The van der Waals surface area contributed by atoms with Gasteiger partial charge in [-0.15, -0.1) is 6.58 Å². The second-order valence-electron chi connectivity index (χ2n) is 4.45. The summed E-state index contributed by atoms with van der Waals surface area (Å²) in [5.74, 6) is 0.736. The first-order valence-corrected chi connectivity index (χ1v) is 6.83. The fourth-order valence-electron chi connectivity index (χ4n) is 1.80. The average molecular weight is 286 g/mol. The van der Waals surface area contributed by atoms with Gasteiger partial charge in [-0.2, -0.15) is 5.10 Å².